The third-order valence-corrected chi connectivity index (χ3v) is 4.25. The Morgan fingerprint density at radius 1 is 1.39 bits per heavy atom. The number of morpholine rings is 1. The van der Waals surface area contributed by atoms with E-state index in [1.807, 2.05) is 11.8 Å². The topological polar surface area (TPSA) is 67.9 Å². The maximum absolute atomic E-state index is 12.3. The molecule has 0 aromatic heterocycles. The van der Waals surface area contributed by atoms with Crippen LogP contribution >= 0.6 is 0 Å². The summed E-state index contributed by atoms with van der Waals surface area (Å²) in [6.45, 7) is 3.84. The monoisotopic (exact) mass is 318 g/mol. The van der Waals surface area contributed by atoms with Crippen LogP contribution < -0.4 is 10.1 Å². The lowest BCUT2D eigenvalue weighted by molar-refractivity contribution is -0.158. The minimum Gasteiger partial charge on any atom is -0.494 e. The normalized spacial score (nSPS) is 23.5. The fraction of sp³-hybridized carbons (Fsp3) is 0.529. The molecular weight excluding hydrogens is 296 g/mol. The van der Waals surface area contributed by atoms with Crippen LogP contribution in [0, 0.1) is 0 Å². The lowest BCUT2D eigenvalue weighted by Gasteiger charge is -2.34. The fourth-order valence-corrected chi connectivity index (χ4v) is 3.11. The number of hydrogen-bond donors (Lipinski definition) is 1. The Kier molecular flexibility index (Phi) is 4.81. The highest BCUT2D eigenvalue weighted by atomic mass is 16.5. The van der Waals surface area contributed by atoms with Gasteiger partial charge in [0.05, 0.1) is 25.7 Å². The van der Waals surface area contributed by atoms with Gasteiger partial charge < -0.3 is 19.7 Å². The molecule has 2 amide bonds. The van der Waals surface area contributed by atoms with E-state index in [4.69, 9.17) is 9.47 Å². The molecule has 6 nitrogen and oxygen atoms in total. The summed E-state index contributed by atoms with van der Waals surface area (Å²) in [5.41, 5.74) is 0.681. The van der Waals surface area contributed by atoms with Crippen LogP contribution in [0.2, 0.25) is 0 Å². The molecule has 0 aliphatic carbocycles. The molecule has 6 heteroatoms. The summed E-state index contributed by atoms with van der Waals surface area (Å²) in [5.74, 6) is 0.488. The minimum absolute atomic E-state index is 0.0509. The summed E-state index contributed by atoms with van der Waals surface area (Å²) in [5, 5.41) is 2.79. The average molecular weight is 318 g/mol. The van der Waals surface area contributed by atoms with E-state index in [9.17, 15) is 9.59 Å². The van der Waals surface area contributed by atoms with E-state index in [1.165, 1.54) is 0 Å². The van der Waals surface area contributed by atoms with Crippen molar-refractivity contribution >= 4 is 17.5 Å². The maximum atomic E-state index is 12.3. The average Bonchev–Trinajstić information content (AvgIpc) is 3.02. The second-order valence-corrected chi connectivity index (χ2v) is 5.86. The van der Waals surface area contributed by atoms with Gasteiger partial charge in [-0.05, 0) is 44.0 Å². The summed E-state index contributed by atoms with van der Waals surface area (Å²) in [6, 6.07) is 7.37. The van der Waals surface area contributed by atoms with Gasteiger partial charge in [0, 0.05) is 12.2 Å². The van der Waals surface area contributed by atoms with Gasteiger partial charge >= 0.3 is 0 Å². The van der Waals surface area contributed by atoms with E-state index in [-0.39, 0.29) is 24.3 Å². The zero-order valence-corrected chi connectivity index (χ0v) is 13.3. The number of anilines is 1. The van der Waals surface area contributed by atoms with E-state index >= 15 is 0 Å². The van der Waals surface area contributed by atoms with Crippen molar-refractivity contribution in [2.24, 2.45) is 0 Å². The minimum atomic E-state index is -0.660. The van der Waals surface area contributed by atoms with E-state index in [2.05, 4.69) is 5.32 Å². The first kappa shape index (κ1) is 15.8. The van der Waals surface area contributed by atoms with Crippen LogP contribution in [0.15, 0.2) is 24.3 Å². The van der Waals surface area contributed by atoms with Gasteiger partial charge in [-0.25, -0.2) is 0 Å². The van der Waals surface area contributed by atoms with Crippen molar-refractivity contribution in [3.05, 3.63) is 24.3 Å². The third kappa shape index (κ3) is 3.64. The largest absolute Gasteiger partial charge is 0.494 e. The van der Waals surface area contributed by atoms with Gasteiger partial charge in [0.25, 0.3) is 5.91 Å². The summed E-state index contributed by atoms with van der Waals surface area (Å²) >= 11 is 0. The first-order chi connectivity index (χ1) is 11.2. The van der Waals surface area contributed by atoms with Crippen LogP contribution in [0.4, 0.5) is 5.69 Å². The Bertz CT molecular complexity index is 572. The van der Waals surface area contributed by atoms with Crippen LogP contribution in [-0.4, -0.2) is 48.6 Å². The Morgan fingerprint density at radius 2 is 2.17 bits per heavy atom. The quantitative estimate of drug-likeness (QED) is 0.899. The van der Waals surface area contributed by atoms with Crippen LogP contribution in [0.1, 0.15) is 26.2 Å². The molecule has 0 radical (unpaired) electrons. The second-order valence-electron chi connectivity index (χ2n) is 5.86. The Labute approximate surface area is 135 Å². The SMILES string of the molecule is CCOc1ccc(NC(=O)CC2OCC3CCCN3C2=O)cc1. The van der Waals surface area contributed by atoms with Crippen molar-refractivity contribution in [1.29, 1.82) is 0 Å². The Balaban J connectivity index is 1.53. The second kappa shape index (κ2) is 7.00. The first-order valence-electron chi connectivity index (χ1n) is 8.12. The van der Waals surface area contributed by atoms with E-state index in [0.717, 1.165) is 25.1 Å². The molecule has 2 unspecified atom stereocenters. The zero-order chi connectivity index (χ0) is 16.2. The number of nitrogens with one attached hydrogen (secondary N) is 1. The van der Waals surface area contributed by atoms with Crippen molar-refractivity contribution in [3.63, 3.8) is 0 Å². The number of amides is 2. The highest BCUT2D eigenvalue weighted by molar-refractivity contribution is 5.95. The smallest absolute Gasteiger partial charge is 0.252 e. The summed E-state index contributed by atoms with van der Waals surface area (Å²) in [6.07, 6.45) is 1.41. The predicted octanol–water partition coefficient (Wildman–Crippen LogP) is 1.80. The van der Waals surface area contributed by atoms with Crippen molar-refractivity contribution in [3.8, 4) is 5.75 Å². The number of ether oxygens (including phenoxy) is 2. The molecule has 2 heterocycles. The van der Waals surface area contributed by atoms with Gasteiger partial charge in [-0.15, -0.1) is 0 Å². The van der Waals surface area contributed by atoms with Crippen LogP contribution in [0.3, 0.4) is 0 Å². The number of fused-ring (bicyclic) bond motifs is 1. The van der Waals surface area contributed by atoms with Gasteiger partial charge in [-0.2, -0.15) is 0 Å². The molecule has 124 valence electrons. The van der Waals surface area contributed by atoms with Gasteiger partial charge in [0.1, 0.15) is 11.9 Å². The summed E-state index contributed by atoms with van der Waals surface area (Å²) < 4.78 is 11.0. The first-order valence-corrected chi connectivity index (χ1v) is 8.12. The molecule has 2 aliphatic rings. The highest BCUT2D eigenvalue weighted by Crippen LogP contribution is 2.25. The third-order valence-electron chi connectivity index (χ3n) is 4.25. The van der Waals surface area contributed by atoms with E-state index in [0.29, 0.717) is 18.9 Å². The number of hydrogen-bond acceptors (Lipinski definition) is 4. The number of benzene rings is 1. The molecule has 2 saturated heterocycles. The van der Waals surface area contributed by atoms with E-state index < -0.39 is 6.10 Å². The summed E-state index contributed by atoms with van der Waals surface area (Å²) in [4.78, 5) is 26.3. The van der Waals surface area contributed by atoms with Gasteiger partial charge in [-0.1, -0.05) is 0 Å². The van der Waals surface area contributed by atoms with Crippen LogP contribution in [0.25, 0.3) is 0 Å². The molecule has 0 bridgehead atoms. The van der Waals surface area contributed by atoms with Crippen LogP contribution in [-0.2, 0) is 14.3 Å². The zero-order valence-electron chi connectivity index (χ0n) is 13.3. The molecule has 0 saturated carbocycles. The van der Waals surface area contributed by atoms with Crippen molar-refractivity contribution in [2.75, 3.05) is 25.1 Å². The van der Waals surface area contributed by atoms with Gasteiger partial charge in [-0.3, -0.25) is 9.59 Å². The number of rotatable bonds is 5. The molecule has 2 aliphatic heterocycles. The molecule has 2 fully saturated rings. The lowest BCUT2D eigenvalue weighted by atomic mass is 10.1. The summed E-state index contributed by atoms with van der Waals surface area (Å²) in [7, 11) is 0. The number of nitrogens with zero attached hydrogens (tertiary/aromatic N) is 1. The fourth-order valence-electron chi connectivity index (χ4n) is 3.11. The maximum Gasteiger partial charge on any atom is 0.252 e. The lowest BCUT2D eigenvalue weighted by Crippen LogP contribution is -2.51. The Hall–Kier alpha value is -2.08. The van der Waals surface area contributed by atoms with Crippen molar-refractivity contribution in [1.82, 2.24) is 4.90 Å². The predicted molar refractivity (Wildman–Crippen MR) is 85.3 cm³/mol. The van der Waals surface area contributed by atoms with Crippen LogP contribution in [0.5, 0.6) is 5.75 Å². The molecule has 1 aromatic rings. The number of carbonyl (C=O) groups excluding carboxylic acids is 2. The van der Waals surface area contributed by atoms with Gasteiger partial charge in [0.15, 0.2) is 0 Å². The molecular formula is C17H22N2O4. The molecule has 23 heavy (non-hydrogen) atoms. The number of carbonyl (C=O) groups is 2. The molecule has 1 aromatic carbocycles. The molecule has 1 N–H and O–H groups in total. The molecule has 3 rings (SSSR count). The standard InChI is InChI=1S/C17H22N2O4/c1-2-22-14-7-5-12(6-8-14)18-16(20)10-15-17(21)19-9-3-4-13(19)11-23-15/h5-8,13,15H,2-4,9-11H2,1H3,(H,18,20). The van der Waals surface area contributed by atoms with E-state index in [1.54, 1.807) is 24.3 Å². The molecule has 2 atom stereocenters. The highest BCUT2D eigenvalue weighted by Gasteiger charge is 2.39. The molecule has 0 spiro atoms. The Morgan fingerprint density at radius 3 is 2.91 bits per heavy atom. The van der Waals surface area contributed by atoms with Crippen molar-refractivity contribution < 1.29 is 19.1 Å². The van der Waals surface area contributed by atoms with Gasteiger partial charge in [0.2, 0.25) is 5.91 Å². The van der Waals surface area contributed by atoms with Crippen molar-refractivity contribution in [2.45, 2.75) is 38.3 Å².